The number of rotatable bonds is 8. The molecule has 1 rings (SSSR count). The van der Waals surface area contributed by atoms with Crippen LogP contribution in [-0.4, -0.2) is 47.6 Å². The average Bonchev–Trinajstić information content (AvgIpc) is 2.51. The van der Waals surface area contributed by atoms with E-state index < -0.39 is 24.3 Å². The van der Waals surface area contributed by atoms with Gasteiger partial charge < -0.3 is 15.7 Å². The number of carboxylic acid groups (broad SMARTS) is 1. The normalized spacial score (nSPS) is 9.82. The summed E-state index contributed by atoms with van der Waals surface area (Å²) in [5.41, 5.74) is 0.508. The van der Waals surface area contributed by atoms with Crippen molar-refractivity contribution >= 4 is 34.8 Å². The van der Waals surface area contributed by atoms with E-state index in [2.05, 4.69) is 15.4 Å². The summed E-state index contributed by atoms with van der Waals surface area (Å²) in [6, 6.07) is 8.57. The lowest BCUT2D eigenvalue weighted by atomic mass is 10.2. The van der Waals surface area contributed by atoms with Crippen molar-refractivity contribution in [3.63, 3.8) is 0 Å². The first kappa shape index (κ1) is 17.7. The Hall–Kier alpha value is -2.39. The first-order valence-electron chi connectivity index (χ1n) is 6.23. The minimum absolute atomic E-state index is 0.157. The second kappa shape index (κ2) is 9.53. The number of hydrogen-bond acceptors (Lipinski definition) is 6. The number of benzene rings is 1. The minimum Gasteiger partial charge on any atom is -0.480 e. The number of nitrogens with one attached hydrogen (secondary N) is 3. The zero-order chi connectivity index (χ0) is 16.4. The molecule has 0 fully saturated rings. The molecule has 9 heteroatoms. The molecule has 1 aromatic carbocycles. The molecule has 0 aliphatic carbocycles. The molecule has 0 aliphatic heterocycles. The van der Waals surface area contributed by atoms with E-state index in [1.807, 2.05) is 0 Å². The fourth-order valence-electron chi connectivity index (χ4n) is 1.28. The van der Waals surface area contributed by atoms with Gasteiger partial charge in [0.2, 0.25) is 16.9 Å². The average molecular weight is 325 g/mol. The monoisotopic (exact) mass is 325 g/mol. The molecule has 0 heterocycles. The second-order valence-electron chi connectivity index (χ2n) is 4.02. The van der Waals surface area contributed by atoms with Gasteiger partial charge in [-0.2, -0.15) is 0 Å². The molecule has 2 amide bonds. The van der Waals surface area contributed by atoms with Crippen LogP contribution in [0.4, 0.5) is 0 Å². The number of amides is 2. The van der Waals surface area contributed by atoms with Crippen LogP contribution in [0.25, 0.3) is 0 Å². The maximum atomic E-state index is 11.7. The molecule has 0 aromatic heterocycles. The highest BCUT2D eigenvalue weighted by Gasteiger charge is 2.09. The Bertz CT molecular complexity index is 550. The Morgan fingerprint density at radius 2 is 1.50 bits per heavy atom. The van der Waals surface area contributed by atoms with Gasteiger partial charge in [-0.1, -0.05) is 30.3 Å². The molecule has 0 radical (unpaired) electrons. The Morgan fingerprint density at radius 3 is 2.14 bits per heavy atom. The van der Waals surface area contributed by atoms with Crippen molar-refractivity contribution in [1.82, 2.24) is 15.4 Å². The maximum Gasteiger partial charge on any atom is 0.322 e. The van der Waals surface area contributed by atoms with Crippen LogP contribution in [0.1, 0.15) is 10.4 Å². The Labute approximate surface area is 130 Å². The van der Waals surface area contributed by atoms with Crippen LogP contribution in [-0.2, 0) is 14.4 Å². The zero-order valence-electron chi connectivity index (χ0n) is 11.5. The molecule has 1 aromatic rings. The van der Waals surface area contributed by atoms with E-state index in [9.17, 15) is 19.2 Å². The van der Waals surface area contributed by atoms with Crippen molar-refractivity contribution in [2.75, 3.05) is 19.6 Å². The Kier molecular flexibility index (Phi) is 7.65. The topological polar surface area (TPSA) is 125 Å². The van der Waals surface area contributed by atoms with Gasteiger partial charge in [-0.05, 0) is 11.9 Å². The van der Waals surface area contributed by atoms with Crippen LogP contribution in [0.5, 0.6) is 0 Å². The molecule has 8 nitrogen and oxygen atoms in total. The largest absolute Gasteiger partial charge is 0.480 e. The van der Waals surface area contributed by atoms with Crippen LogP contribution >= 0.6 is 11.9 Å². The minimum atomic E-state index is -1.17. The number of carbonyl (C=O) groups excluding carboxylic acids is 3. The van der Waals surface area contributed by atoms with Crippen molar-refractivity contribution < 1.29 is 24.3 Å². The predicted molar refractivity (Wildman–Crippen MR) is 80.0 cm³/mol. The molecule has 0 bridgehead atoms. The van der Waals surface area contributed by atoms with Crippen molar-refractivity contribution in [2.45, 2.75) is 0 Å². The molecule has 0 atom stereocenters. The SMILES string of the molecule is O=C(O)CNC(=O)CNC(=O)CNSC(=O)c1ccccc1. The van der Waals surface area contributed by atoms with Gasteiger partial charge in [0.15, 0.2) is 0 Å². The maximum absolute atomic E-state index is 11.7. The van der Waals surface area contributed by atoms with E-state index in [1.54, 1.807) is 30.3 Å². The van der Waals surface area contributed by atoms with E-state index >= 15 is 0 Å². The first-order valence-corrected chi connectivity index (χ1v) is 7.05. The Morgan fingerprint density at radius 1 is 0.909 bits per heavy atom. The fourth-order valence-corrected chi connectivity index (χ4v) is 1.87. The molecule has 22 heavy (non-hydrogen) atoms. The highest BCUT2D eigenvalue weighted by Crippen LogP contribution is 2.08. The highest BCUT2D eigenvalue weighted by atomic mass is 32.2. The van der Waals surface area contributed by atoms with E-state index in [0.717, 1.165) is 11.9 Å². The summed E-state index contributed by atoms with van der Waals surface area (Å²) in [4.78, 5) is 44.5. The van der Waals surface area contributed by atoms with Gasteiger partial charge in [0.1, 0.15) is 6.54 Å². The molecule has 4 N–H and O–H groups in total. The van der Waals surface area contributed by atoms with Gasteiger partial charge in [-0.15, -0.1) is 0 Å². The van der Waals surface area contributed by atoms with Crippen LogP contribution < -0.4 is 15.4 Å². The molecule has 0 spiro atoms. The smallest absolute Gasteiger partial charge is 0.322 e. The standard InChI is InChI=1S/C13H15N3O5S/c17-10(15-8-12(19)20)6-14-11(18)7-16-22-13(21)9-4-2-1-3-5-9/h1-5,16H,6-8H2,(H,14,18)(H,15,17)(H,19,20). The third kappa shape index (κ3) is 7.41. The van der Waals surface area contributed by atoms with Crippen LogP contribution in [0, 0.1) is 0 Å². The number of carboxylic acids is 1. The summed E-state index contributed by atoms with van der Waals surface area (Å²) < 4.78 is 2.59. The first-order chi connectivity index (χ1) is 10.5. The zero-order valence-corrected chi connectivity index (χ0v) is 12.3. The molecule has 0 aliphatic rings. The summed E-state index contributed by atoms with van der Waals surface area (Å²) in [6.45, 7) is -0.991. The lowest BCUT2D eigenvalue weighted by Crippen LogP contribution is -2.41. The van der Waals surface area contributed by atoms with Gasteiger partial charge in [0.05, 0.1) is 13.1 Å². The van der Waals surface area contributed by atoms with Crippen molar-refractivity contribution in [3.05, 3.63) is 35.9 Å². The number of aliphatic carboxylic acids is 1. The van der Waals surface area contributed by atoms with Gasteiger partial charge in [0.25, 0.3) is 0 Å². The highest BCUT2D eigenvalue weighted by molar-refractivity contribution is 8.12. The molecular formula is C13H15N3O5S. The van der Waals surface area contributed by atoms with Crippen LogP contribution in [0.15, 0.2) is 30.3 Å². The Balaban J connectivity index is 2.17. The van der Waals surface area contributed by atoms with Gasteiger partial charge in [-0.3, -0.25) is 19.2 Å². The molecule has 118 valence electrons. The van der Waals surface area contributed by atoms with E-state index in [-0.39, 0.29) is 18.2 Å². The lowest BCUT2D eigenvalue weighted by molar-refractivity contribution is -0.137. The summed E-state index contributed by atoms with van der Waals surface area (Å²) >= 11 is 0.778. The van der Waals surface area contributed by atoms with E-state index in [1.165, 1.54) is 0 Å². The van der Waals surface area contributed by atoms with Crippen molar-refractivity contribution in [2.24, 2.45) is 0 Å². The quantitative estimate of drug-likeness (QED) is 0.470. The van der Waals surface area contributed by atoms with E-state index in [4.69, 9.17) is 5.11 Å². The molecule has 0 saturated heterocycles. The van der Waals surface area contributed by atoms with Crippen molar-refractivity contribution in [1.29, 1.82) is 0 Å². The lowest BCUT2D eigenvalue weighted by Gasteiger charge is -2.06. The van der Waals surface area contributed by atoms with Crippen molar-refractivity contribution in [3.8, 4) is 0 Å². The third-order valence-electron chi connectivity index (χ3n) is 2.29. The van der Waals surface area contributed by atoms with Crippen LogP contribution in [0.3, 0.4) is 0 Å². The summed E-state index contributed by atoms with van der Waals surface area (Å²) in [5.74, 6) is -2.26. The third-order valence-corrected chi connectivity index (χ3v) is 3.00. The van der Waals surface area contributed by atoms with Gasteiger partial charge in [-0.25, -0.2) is 4.72 Å². The fraction of sp³-hybridized carbons (Fsp3) is 0.231. The molecule has 0 unspecified atom stereocenters. The van der Waals surface area contributed by atoms with Gasteiger partial charge in [0, 0.05) is 5.56 Å². The van der Waals surface area contributed by atoms with Gasteiger partial charge >= 0.3 is 5.97 Å². The van der Waals surface area contributed by atoms with Crippen LogP contribution in [0.2, 0.25) is 0 Å². The molecule has 0 saturated carbocycles. The summed E-state index contributed by atoms with van der Waals surface area (Å²) in [6.07, 6.45) is 0. The molecular weight excluding hydrogens is 310 g/mol. The number of carbonyl (C=O) groups is 4. The van der Waals surface area contributed by atoms with E-state index in [0.29, 0.717) is 5.56 Å². The number of hydrogen-bond donors (Lipinski definition) is 4. The second-order valence-corrected chi connectivity index (χ2v) is 4.89. The summed E-state index contributed by atoms with van der Waals surface area (Å²) in [5, 5.41) is 12.5. The predicted octanol–water partition coefficient (Wildman–Crippen LogP) is -0.618. The summed E-state index contributed by atoms with van der Waals surface area (Å²) in [7, 11) is 0.